The summed E-state index contributed by atoms with van der Waals surface area (Å²) in [6.45, 7) is 0. The summed E-state index contributed by atoms with van der Waals surface area (Å²) in [6, 6.07) is 40.0. The average Bonchev–Trinajstić information content (AvgIpc) is 3.09. The van der Waals surface area contributed by atoms with Gasteiger partial charge in [0.15, 0.2) is 0 Å². The van der Waals surface area contributed by atoms with Gasteiger partial charge in [-0.15, -0.1) is 11.8 Å². The Bertz CT molecular complexity index is 1810. The second-order valence-electron chi connectivity index (χ2n) is 10.0. The quantitative estimate of drug-likeness (QED) is 0.0956. The van der Waals surface area contributed by atoms with Gasteiger partial charge in [0.25, 0.3) is 11.8 Å². The lowest BCUT2D eigenvalue weighted by Crippen LogP contribution is -2.30. The van der Waals surface area contributed by atoms with Crippen LogP contribution in [-0.4, -0.2) is 24.8 Å². The lowest BCUT2D eigenvalue weighted by Gasteiger charge is -2.18. The van der Waals surface area contributed by atoms with Crippen molar-refractivity contribution >= 4 is 62.9 Å². The molecule has 3 amide bonds. The van der Waals surface area contributed by atoms with Crippen LogP contribution in [0.15, 0.2) is 149 Å². The van der Waals surface area contributed by atoms with E-state index in [1.54, 1.807) is 73.8 Å². The van der Waals surface area contributed by atoms with Crippen LogP contribution in [0.5, 0.6) is 5.75 Å². The van der Waals surface area contributed by atoms with Crippen molar-refractivity contribution < 1.29 is 19.1 Å². The molecule has 5 aromatic carbocycles. The largest absolute Gasteiger partial charge is 0.497 e. The molecule has 0 aromatic heterocycles. The van der Waals surface area contributed by atoms with Crippen LogP contribution in [0.4, 0.5) is 11.4 Å². The van der Waals surface area contributed by atoms with Crippen LogP contribution >= 0.6 is 27.7 Å². The van der Waals surface area contributed by atoms with Gasteiger partial charge >= 0.3 is 0 Å². The summed E-state index contributed by atoms with van der Waals surface area (Å²) < 4.78 is 6.11. The third-order valence-electron chi connectivity index (χ3n) is 6.77. The minimum atomic E-state index is -0.530. The van der Waals surface area contributed by atoms with E-state index in [1.165, 1.54) is 11.8 Å². The van der Waals surface area contributed by atoms with E-state index in [-0.39, 0.29) is 11.6 Å². The lowest BCUT2D eigenvalue weighted by molar-refractivity contribution is -0.116. The van der Waals surface area contributed by atoms with Gasteiger partial charge in [-0.25, -0.2) is 0 Å². The van der Waals surface area contributed by atoms with Gasteiger partial charge in [-0.2, -0.15) is 0 Å². The molecule has 9 heteroatoms. The van der Waals surface area contributed by atoms with Gasteiger partial charge in [0.1, 0.15) is 16.7 Å². The molecule has 1 unspecified atom stereocenters. The van der Waals surface area contributed by atoms with E-state index in [9.17, 15) is 14.4 Å². The van der Waals surface area contributed by atoms with Gasteiger partial charge in [0.05, 0.1) is 7.11 Å². The number of rotatable bonds is 11. The lowest BCUT2D eigenvalue weighted by atomic mass is 10.1. The van der Waals surface area contributed by atoms with Gasteiger partial charge < -0.3 is 20.7 Å². The maximum atomic E-state index is 13.5. The highest BCUT2D eigenvalue weighted by Crippen LogP contribution is 2.37. The minimum Gasteiger partial charge on any atom is -0.497 e. The van der Waals surface area contributed by atoms with Crippen molar-refractivity contribution in [1.29, 1.82) is 0 Å². The van der Waals surface area contributed by atoms with Crippen LogP contribution in [0.1, 0.15) is 26.7 Å². The van der Waals surface area contributed by atoms with Crippen LogP contribution in [0.25, 0.3) is 6.08 Å². The van der Waals surface area contributed by atoms with E-state index in [4.69, 9.17) is 4.74 Å². The average molecular weight is 693 g/mol. The van der Waals surface area contributed by atoms with Gasteiger partial charge in [-0.05, 0) is 90.0 Å². The standard InChI is InChI=1S/C37H30BrN3O4S/c1-45-31-20-16-29(17-21-31)40-37(44)34(26-8-4-2-5-9-26)46-32-22-18-30(19-23-32)39-36(43)33(24-25-12-14-28(38)15-13-25)41-35(42)27-10-6-3-7-11-27/h2-24,34H,1H3,(H,39,43)(H,40,44)(H,41,42)/b33-24-. The van der Waals surface area contributed by atoms with Crippen LogP contribution < -0.4 is 20.7 Å². The number of hydrogen-bond donors (Lipinski definition) is 3. The van der Waals surface area contributed by atoms with Crippen molar-refractivity contribution in [1.82, 2.24) is 5.32 Å². The molecule has 0 saturated carbocycles. The second kappa shape index (κ2) is 15.7. The molecule has 0 aliphatic rings. The highest BCUT2D eigenvalue weighted by molar-refractivity contribution is 9.10. The second-order valence-corrected chi connectivity index (χ2v) is 12.1. The highest BCUT2D eigenvalue weighted by atomic mass is 79.9. The third-order valence-corrected chi connectivity index (χ3v) is 8.57. The first kappa shape index (κ1) is 32.3. The molecule has 0 saturated heterocycles. The highest BCUT2D eigenvalue weighted by Gasteiger charge is 2.22. The van der Waals surface area contributed by atoms with E-state index >= 15 is 0 Å². The van der Waals surface area contributed by atoms with Crippen LogP contribution in [0.2, 0.25) is 0 Å². The van der Waals surface area contributed by atoms with E-state index in [1.807, 2.05) is 72.8 Å². The topological polar surface area (TPSA) is 96.5 Å². The number of thioether (sulfide) groups is 1. The molecular weight excluding hydrogens is 662 g/mol. The predicted molar refractivity (Wildman–Crippen MR) is 188 cm³/mol. The number of amides is 3. The smallest absolute Gasteiger partial charge is 0.272 e. The summed E-state index contributed by atoms with van der Waals surface area (Å²) in [5, 5.41) is 8.10. The number of nitrogens with one attached hydrogen (secondary N) is 3. The first-order valence-electron chi connectivity index (χ1n) is 14.3. The van der Waals surface area contributed by atoms with E-state index in [0.717, 1.165) is 20.5 Å². The Hall–Kier alpha value is -5.12. The molecule has 1 atom stereocenters. The van der Waals surface area contributed by atoms with E-state index in [2.05, 4.69) is 31.9 Å². The number of carbonyl (C=O) groups excluding carboxylic acids is 3. The number of ether oxygens (including phenoxy) is 1. The number of benzene rings is 5. The van der Waals surface area contributed by atoms with Gasteiger partial charge in [-0.1, -0.05) is 76.6 Å². The monoisotopic (exact) mass is 691 g/mol. The summed E-state index contributed by atoms with van der Waals surface area (Å²) in [5.74, 6) is -0.344. The normalized spacial score (nSPS) is 11.7. The molecule has 230 valence electrons. The molecule has 46 heavy (non-hydrogen) atoms. The van der Waals surface area contributed by atoms with Crippen LogP contribution in [0.3, 0.4) is 0 Å². The maximum Gasteiger partial charge on any atom is 0.272 e. The Balaban J connectivity index is 1.31. The third kappa shape index (κ3) is 8.97. The van der Waals surface area contributed by atoms with Crippen molar-refractivity contribution in [2.75, 3.05) is 17.7 Å². The molecule has 0 aliphatic carbocycles. The zero-order valence-electron chi connectivity index (χ0n) is 24.8. The van der Waals surface area contributed by atoms with E-state index < -0.39 is 17.1 Å². The first-order chi connectivity index (χ1) is 22.4. The fraction of sp³-hybridized carbons (Fsp3) is 0.0541. The molecule has 0 heterocycles. The molecule has 5 aromatic rings. The summed E-state index contributed by atoms with van der Waals surface area (Å²) in [5.41, 5.74) is 3.32. The molecule has 0 spiro atoms. The van der Waals surface area contributed by atoms with Gasteiger partial charge in [0, 0.05) is 26.3 Å². The van der Waals surface area contributed by atoms with Crippen molar-refractivity contribution in [3.05, 3.63) is 160 Å². The summed E-state index contributed by atoms with van der Waals surface area (Å²) >= 11 is 4.82. The van der Waals surface area contributed by atoms with E-state index in [0.29, 0.717) is 22.7 Å². The fourth-order valence-electron chi connectivity index (χ4n) is 4.40. The van der Waals surface area contributed by atoms with Crippen molar-refractivity contribution in [3.63, 3.8) is 0 Å². The predicted octanol–water partition coefficient (Wildman–Crippen LogP) is 8.34. The Kier molecular flexibility index (Phi) is 11.0. The van der Waals surface area contributed by atoms with Crippen molar-refractivity contribution in [2.45, 2.75) is 10.1 Å². The molecule has 0 fully saturated rings. The summed E-state index contributed by atoms with van der Waals surface area (Å²) in [4.78, 5) is 40.7. The molecule has 7 nitrogen and oxygen atoms in total. The number of carbonyl (C=O) groups is 3. The fourth-order valence-corrected chi connectivity index (χ4v) is 5.69. The first-order valence-corrected chi connectivity index (χ1v) is 16.0. The van der Waals surface area contributed by atoms with Crippen molar-refractivity contribution in [3.8, 4) is 5.75 Å². The molecule has 0 radical (unpaired) electrons. The molecule has 0 aliphatic heterocycles. The number of anilines is 2. The maximum absolute atomic E-state index is 13.5. The SMILES string of the molecule is COc1ccc(NC(=O)C(Sc2ccc(NC(=O)/C(=C/c3ccc(Br)cc3)NC(=O)c3ccccc3)cc2)c2ccccc2)cc1. The molecule has 0 bridgehead atoms. The Morgan fingerprint density at radius 2 is 1.30 bits per heavy atom. The molecular formula is C37H30BrN3O4S. The Labute approximate surface area is 280 Å². The summed E-state index contributed by atoms with van der Waals surface area (Å²) in [7, 11) is 1.59. The number of hydrogen-bond acceptors (Lipinski definition) is 5. The Morgan fingerprint density at radius 1 is 0.717 bits per heavy atom. The van der Waals surface area contributed by atoms with Crippen LogP contribution in [-0.2, 0) is 9.59 Å². The van der Waals surface area contributed by atoms with Gasteiger partial charge in [0.2, 0.25) is 5.91 Å². The zero-order chi connectivity index (χ0) is 32.3. The molecule has 5 rings (SSSR count). The minimum absolute atomic E-state index is 0.0916. The summed E-state index contributed by atoms with van der Waals surface area (Å²) in [6.07, 6.45) is 1.62. The zero-order valence-corrected chi connectivity index (χ0v) is 27.2. The van der Waals surface area contributed by atoms with Crippen molar-refractivity contribution in [2.24, 2.45) is 0 Å². The Morgan fingerprint density at radius 3 is 1.93 bits per heavy atom. The molecule has 3 N–H and O–H groups in total. The number of halogens is 1. The van der Waals surface area contributed by atoms with Crippen LogP contribution in [0, 0.1) is 0 Å². The van der Waals surface area contributed by atoms with Gasteiger partial charge in [-0.3, -0.25) is 14.4 Å². The number of methoxy groups -OCH3 is 1.